The van der Waals surface area contributed by atoms with E-state index in [2.05, 4.69) is 48.8 Å². The van der Waals surface area contributed by atoms with Crippen molar-refractivity contribution in [1.82, 2.24) is 4.98 Å². The molecule has 0 unspecified atom stereocenters. The van der Waals surface area contributed by atoms with Gasteiger partial charge in [0.15, 0.2) is 0 Å². The molecule has 0 amide bonds. The highest BCUT2D eigenvalue weighted by atomic mass is 79.9. The summed E-state index contributed by atoms with van der Waals surface area (Å²) in [6, 6.07) is 6.31. The van der Waals surface area contributed by atoms with E-state index in [4.69, 9.17) is 0 Å². The average molecular weight is 349 g/mol. The average Bonchev–Trinajstić information content (AvgIpc) is 2.85. The Bertz CT molecular complexity index is 718. The zero-order valence-electron chi connectivity index (χ0n) is 11.9. The number of nitrogens with one attached hydrogen (secondary N) is 1. The van der Waals surface area contributed by atoms with Gasteiger partial charge in [0, 0.05) is 28.3 Å². The normalized spacial score (nSPS) is 13.9. The maximum absolute atomic E-state index is 11.2. The molecule has 0 atom stereocenters. The largest absolute Gasteiger partial charge is 0.469 e. The molecule has 0 spiro atoms. The molecule has 0 aliphatic carbocycles. The number of H-pyrrole nitrogens is 1. The molecule has 1 aromatic heterocycles. The molecule has 3 rings (SSSR count). The summed E-state index contributed by atoms with van der Waals surface area (Å²) >= 11 is 3.50. The molecule has 0 fully saturated rings. The maximum atomic E-state index is 11.2. The molecule has 0 saturated heterocycles. The number of methoxy groups -OCH3 is 1. The Labute approximate surface area is 131 Å². The first-order chi connectivity index (χ1) is 10.2. The van der Waals surface area contributed by atoms with Crippen LogP contribution in [0.15, 0.2) is 27.7 Å². The van der Waals surface area contributed by atoms with Crippen LogP contribution in [0.25, 0.3) is 10.9 Å². The molecule has 2 aromatic rings. The summed E-state index contributed by atoms with van der Waals surface area (Å²) in [6.45, 7) is 0.823. The van der Waals surface area contributed by atoms with E-state index in [-0.39, 0.29) is 5.97 Å². The summed E-state index contributed by atoms with van der Waals surface area (Å²) in [6.07, 6.45) is 2.98. The van der Waals surface area contributed by atoms with Gasteiger partial charge in [-0.05, 0) is 37.0 Å². The molecule has 1 aliphatic rings. The van der Waals surface area contributed by atoms with E-state index >= 15 is 0 Å². The highest BCUT2D eigenvalue weighted by Crippen LogP contribution is 2.29. The van der Waals surface area contributed by atoms with Crippen LogP contribution in [-0.4, -0.2) is 30.3 Å². The standard InChI is InChI=1S/C16H17BrN2O2/c1-21-15(20)4-2-3-13-16-12(7-8-18-13)11-6-5-10(17)9-14(11)19-16/h5-6,9,19H,2-4,7-8H2,1H3. The molecule has 1 aromatic carbocycles. The second kappa shape index (κ2) is 6.02. The van der Waals surface area contributed by atoms with E-state index in [1.54, 1.807) is 0 Å². The molecule has 1 N–H and O–H groups in total. The number of carbonyl (C=O) groups is 1. The molecule has 110 valence electrons. The number of hydrogen-bond donors (Lipinski definition) is 1. The SMILES string of the molecule is COC(=O)CCCC1=NCCc2c1[nH]c1cc(Br)ccc21. The Morgan fingerprint density at radius 2 is 2.33 bits per heavy atom. The number of rotatable bonds is 4. The monoisotopic (exact) mass is 348 g/mol. The summed E-state index contributed by atoms with van der Waals surface area (Å²) in [4.78, 5) is 19.3. The van der Waals surface area contributed by atoms with E-state index in [9.17, 15) is 4.79 Å². The van der Waals surface area contributed by atoms with Gasteiger partial charge in [-0.1, -0.05) is 22.0 Å². The second-order valence-electron chi connectivity index (χ2n) is 5.18. The Hall–Kier alpha value is -1.62. The van der Waals surface area contributed by atoms with Gasteiger partial charge < -0.3 is 9.72 Å². The van der Waals surface area contributed by atoms with Crippen LogP contribution in [0.3, 0.4) is 0 Å². The number of fused-ring (bicyclic) bond motifs is 3. The van der Waals surface area contributed by atoms with E-state index in [0.717, 1.165) is 47.2 Å². The predicted molar refractivity (Wildman–Crippen MR) is 87.0 cm³/mol. The first-order valence-electron chi connectivity index (χ1n) is 7.09. The lowest BCUT2D eigenvalue weighted by atomic mass is 9.99. The van der Waals surface area contributed by atoms with Gasteiger partial charge >= 0.3 is 5.97 Å². The van der Waals surface area contributed by atoms with Crippen LogP contribution in [0, 0.1) is 0 Å². The Morgan fingerprint density at radius 3 is 3.14 bits per heavy atom. The molecular formula is C16H17BrN2O2. The maximum Gasteiger partial charge on any atom is 0.305 e. The van der Waals surface area contributed by atoms with E-state index in [0.29, 0.717) is 6.42 Å². The smallest absolute Gasteiger partial charge is 0.305 e. The molecule has 21 heavy (non-hydrogen) atoms. The van der Waals surface area contributed by atoms with Gasteiger partial charge in [-0.15, -0.1) is 0 Å². The van der Waals surface area contributed by atoms with Gasteiger partial charge in [-0.25, -0.2) is 0 Å². The lowest BCUT2D eigenvalue weighted by Crippen LogP contribution is -2.13. The van der Waals surface area contributed by atoms with Crippen LogP contribution in [0.1, 0.15) is 30.5 Å². The summed E-state index contributed by atoms with van der Waals surface area (Å²) in [5.74, 6) is -0.160. The number of ether oxygens (including phenoxy) is 1. The van der Waals surface area contributed by atoms with Gasteiger partial charge in [-0.2, -0.15) is 0 Å². The number of aromatic amines is 1. The van der Waals surface area contributed by atoms with Gasteiger partial charge in [0.05, 0.1) is 18.5 Å². The number of carbonyl (C=O) groups excluding carboxylic acids is 1. The Morgan fingerprint density at radius 1 is 1.48 bits per heavy atom. The van der Waals surface area contributed by atoms with Crippen molar-refractivity contribution in [2.75, 3.05) is 13.7 Å². The van der Waals surface area contributed by atoms with Crippen molar-refractivity contribution in [3.05, 3.63) is 33.9 Å². The number of hydrogen-bond acceptors (Lipinski definition) is 3. The second-order valence-corrected chi connectivity index (χ2v) is 6.09. The first-order valence-corrected chi connectivity index (χ1v) is 7.89. The molecule has 0 saturated carbocycles. The van der Waals surface area contributed by atoms with Gasteiger partial charge in [0.2, 0.25) is 0 Å². The summed E-state index contributed by atoms with van der Waals surface area (Å²) in [5.41, 5.74) is 4.70. The van der Waals surface area contributed by atoms with Crippen molar-refractivity contribution in [2.24, 2.45) is 4.99 Å². The van der Waals surface area contributed by atoms with Crippen molar-refractivity contribution in [3.8, 4) is 0 Å². The van der Waals surface area contributed by atoms with Gasteiger partial charge in [0.25, 0.3) is 0 Å². The van der Waals surface area contributed by atoms with Crippen molar-refractivity contribution >= 4 is 38.5 Å². The minimum Gasteiger partial charge on any atom is -0.469 e. The fourth-order valence-electron chi connectivity index (χ4n) is 2.82. The summed E-state index contributed by atoms with van der Waals surface area (Å²) in [5, 5.41) is 1.27. The predicted octanol–water partition coefficient (Wildman–Crippen LogP) is 3.62. The fourth-order valence-corrected chi connectivity index (χ4v) is 3.18. The van der Waals surface area contributed by atoms with E-state index in [1.165, 1.54) is 18.1 Å². The Balaban J connectivity index is 1.84. The topological polar surface area (TPSA) is 54.4 Å². The molecule has 4 nitrogen and oxygen atoms in total. The fraction of sp³-hybridized carbons (Fsp3) is 0.375. The summed E-state index contributed by atoms with van der Waals surface area (Å²) < 4.78 is 5.75. The number of halogens is 1. The molecule has 5 heteroatoms. The third-order valence-electron chi connectivity index (χ3n) is 3.84. The van der Waals surface area contributed by atoms with Gasteiger partial charge in [-0.3, -0.25) is 9.79 Å². The lowest BCUT2D eigenvalue weighted by Gasteiger charge is -2.13. The highest BCUT2D eigenvalue weighted by Gasteiger charge is 2.19. The number of aromatic nitrogens is 1. The van der Waals surface area contributed by atoms with Crippen molar-refractivity contribution < 1.29 is 9.53 Å². The van der Waals surface area contributed by atoms with E-state index in [1.807, 2.05) is 0 Å². The number of benzene rings is 1. The van der Waals surface area contributed by atoms with Crippen molar-refractivity contribution in [1.29, 1.82) is 0 Å². The molecule has 1 aliphatic heterocycles. The highest BCUT2D eigenvalue weighted by molar-refractivity contribution is 9.10. The zero-order valence-corrected chi connectivity index (χ0v) is 13.5. The van der Waals surface area contributed by atoms with Crippen LogP contribution in [0.4, 0.5) is 0 Å². The minimum atomic E-state index is -0.160. The van der Waals surface area contributed by atoms with Crippen LogP contribution in [0.2, 0.25) is 0 Å². The molecule has 0 bridgehead atoms. The van der Waals surface area contributed by atoms with Crippen molar-refractivity contribution in [3.63, 3.8) is 0 Å². The van der Waals surface area contributed by atoms with Crippen LogP contribution < -0.4 is 0 Å². The van der Waals surface area contributed by atoms with Crippen LogP contribution >= 0.6 is 15.9 Å². The number of esters is 1. The van der Waals surface area contributed by atoms with Crippen molar-refractivity contribution in [2.45, 2.75) is 25.7 Å². The third-order valence-corrected chi connectivity index (χ3v) is 4.34. The first kappa shape index (κ1) is 14.3. The quantitative estimate of drug-likeness (QED) is 0.858. The summed E-state index contributed by atoms with van der Waals surface area (Å²) in [7, 11) is 1.42. The Kier molecular flexibility index (Phi) is 4.10. The third kappa shape index (κ3) is 2.88. The van der Waals surface area contributed by atoms with Crippen LogP contribution in [0.5, 0.6) is 0 Å². The number of nitrogens with zero attached hydrogens (tertiary/aromatic N) is 1. The molecule has 0 radical (unpaired) electrons. The number of aliphatic imine (C=N–C) groups is 1. The minimum absolute atomic E-state index is 0.160. The lowest BCUT2D eigenvalue weighted by molar-refractivity contribution is -0.140. The molecule has 2 heterocycles. The molecular weight excluding hydrogens is 332 g/mol. The van der Waals surface area contributed by atoms with Gasteiger partial charge in [0.1, 0.15) is 0 Å². The zero-order chi connectivity index (χ0) is 14.8. The van der Waals surface area contributed by atoms with Crippen LogP contribution in [-0.2, 0) is 16.0 Å². The van der Waals surface area contributed by atoms with E-state index < -0.39 is 0 Å².